The molecule has 1 aliphatic rings. The van der Waals surface area contributed by atoms with Crippen molar-refractivity contribution >= 4 is 5.78 Å². The summed E-state index contributed by atoms with van der Waals surface area (Å²) in [5.41, 5.74) is 6.28. The Balaban J connectivity index is 1.40. The van der Waals surface area contributed by atoms with Crippen LogP contribution in [0.3, 0.4) is 0 Å². The van der Waals surface area contributed by atoms with E-state index >= 15 is 0 Å². The van der Waals surface area contributed by atoms with Crippen LogP contribution in [0, 0.1) is 5.92 Å². The number of hydrogen-bond acceptors (Lipinski definition) is 2. The molecule has 1 N–H and O–H groups in total. The van der Waals surface area contributed by atoms with Crippen LogP contribution in [0.2, 0.25) is 0 Å². The predicted molar refractivity (Wildman–Crippen MR) is 142 cm³/mol. The molecule has 0 heterocycles. The van der Waals surface area contributed by atoms with Gasteiger partial charge in [-0.15, -0.1) is 0 Å². The summed E-state index contributed by atoms with van der Waals surface area (Å²) in [6, 6.07) is 23.0. The molecule has 0 spiro atoms. The molecule has 178 valence electrons. The summed E-state index contributed by atoms with van der Waals surface area (Å²) in [7, 11) is 0. The standard InChI is InChI=1S/C32H38O2/c1-3-5-7-23-8-10-24(11-9-23)25-12-14-26(15-13-25)27-16-18-28(19-17-27)29-20-21-30(32(34)22-29)31(33)6-4-2/h12-24,34H,3-11H2,1-2H3. The van der Waals surface area contributed by atoms with Gasteiger partial charge in [0.25, 0.3) is 0 Å². The zero-order chi connectivity index (χ0) is 23.9. The molecule has 4 rings (SSSR count). The molecule has 1 fully saturated rings. The molecule has 0 atom stereocenters. The summed E-state index contributed by atoms with van der Waals surface area (Å²) in [5.74, 6) is 1.72. The fraction of sp³-hybridized carbons (Fsp3) is 0.406. The van der Waals surface area contributed by atoms with E-state index in [1.54, 1.807) is 12.1 Å². The van der Waals surface area contributed by atoms with E-state index in [4.69, 9.17) is 0 Å². The Morgan fingerprint density at radius 3 is 1.88 bits per heavy atom. The van der Waals surface area contributed by atoms with Crippen LogP contribution in [0.5, 0.6) is 5.75 Å². The van der Waals surface area contributed by atoms with Gasteiger partial charge in [0.05, 0.1) is 5.56 Å². The fourth-order valence-electron chi connectivity index (χ4n) is 5.39. The minimum Gasteiger partial charge on any atom is -0.507 e. The van der Waals surface area contributed by atoms with Gasteiger partial charge in [-0.1, -0.05) is 87.7 Å². The van der Waals surface area contributed by atoms with E-state index in [-0.39, 0.29) is 11.5 Å². The van der Waals surface area contributed by atoms with E-state index in [1.807, 2.05) is 13.0 Å². The van der Waals surface area contributed by atoms with Crippen molar-refractivity contribution in [3.8, 4) is 28.0 Å². The third-order valence-corrected chi connectivity index (χ3v) is 7.52. The van der Waals surface area contributed by atoms with Gasteiger partial charge in [0.1, 0.15) is 5.75 Å². The molecular weight excluding hydrogens is 416 g/mol. The number of rotatable bonds is 9. The van der Waals surface area contributed by atoms with Gasteiger partial charge < -0.3 is 5.11 Å². The van der Waals surface area contributed by atoms with Crippen LogP contribution < -0.4 is 0 Å². The minimum atomic E-state index is -0.00474. The molecule has 0 radical (unpaired) electrons. The average Bonchev–Trinajstić information content (AvgIpc) is 2.88. The van der Waals surface area contributed by atoms with Crippen LogP contribution in [-0.4, -0.2) is 10.9 Å². The Hall–Kier alpha value is -2.87. The molecular formula is C32H38O2. The first-order valence-corrected chi connectivity index (χ1v) is 13.2. The van der Waals surface area contributed by atoms with E-state index < -0.39 is 0 Å². The summed E-state index contributed by atoms with van der Waals surface area (Å²) in [4.78, 5) is 12.1. The van der Waals surface area contributed by atoms with E-state index in [1.165, 1.54) is 61.6 Å². The lowest BCUT2D eigenvalue weighted by Crippen LogP contribution is -2.13. The highest BCUT2D eigenvalue weighted by Gasteiger charge is 2.22. The van der Waals surface area contributed by atoms with E-state index in [9.17, 15) is 9.90 Å². The molecule has 0 saturated heterocycles. The van der Waals surface area contributed by atoms with E-state index in [0.29, 0.717) is 17.9 Å². The molecule has 34 heavy (non-hydrogen) atoms. The minimum absolute atomic E-state index is 0.00474. The number of phenols is 1. The van der Waals surface area contributed by atoms with Gasteiger partial charge in [-0.05, 0) is 83.9 Å². The maximum Gasteiger partial charge on any atom is 0.166 e. The number of hydrogen-bond donors (Lipinski definition) is 1. The molecule has 3 aromatic rings. The number of phenolic OH excluding ortho intramolecular Hbond substituents is 1. The molecule has 2 nitrogen and oxygen atoms in total. The Bertz CT molecular complexity index is 1070. The Labute approximate surface area is 205 Å². The highest BCUT2D eigenvalue weighted by Crippen LogP contribution is 2.38. The molecule has 0 aromatic heterocycles. The van der Waals surface area contributed by atoms with Crippen molar-refractivity contribution < 1.29 is 9.90 Å². The number of ketones is 1. The third kappa shape index (κ3) is 5.78. The van der Waals surface area contributed by atoms with Gasteiger partial charge in [-0.25, -0.2) is 0 Å². The second kappa shape index (κ2) is 11.5. The summed E-state index contributed by atoms with van der Waals surface area (Å²) in [6.45, 7) is 4.26. The van der Waals surface area contributed by atoms with E-state index in [0.717, 1.165) is 23.5 Å². The first kappa shape index (κ1) is 24.3. The van der Waals surface area contributed by atoms with Gasteiger partial charge in [-0.2, -0.15) is 0 Å². The second-order valence-electron chi connectivity index (χ2n) is 9.96. The van der Waals surface area contributed by atoms with Crippen molar-refractivity contribution in [2.24, 2.45) is 5.92 Å². The lowest BCUT2D eigenvalue weighted by atomic mass is 9.77. The van der Waals surface area contributed by atoms with Crippen LogP contribution in [0.1, 0.15) is 93.5 Å². The van der Waals surface area contributed by atoms with Crippen molar-refractivity contribution in [1.82, 2.24) is 0 Å². The van der Waals surface area contributed by atoms with Crippen molar-refractivity contribution in [3.63, 3.8) is 0 Å². The van der Waals surface area contributed by atoms with Crippen molar-refractivity contribution in [2.45, 2.75) is 77.6 Å². The topological polar surface area (TPSA) is 37.3 Å². The Morgan fingerprint density at radius 1 is 0.765 bits per heavy atom. The van der Waals surface area contributed by atoms with Crippen LogP contribution in [0.15, 0.2) is 66.7 Å². The molecule has 3 aromatic carbocycles. The van der Waals surface area contributed by atoms with Gasteiger partial charge in [-0.3, -0.25) is 4.79 Å². The summed E-state index contributed by atoms with van der Waals surface area (Å²) in [5, 5.41) is 10.3. The Morgan fingerprint density at radius 2 is 1.32 bits per heavy atom. The van der Waals surface area contributed by atoms with Crippen molar-refractivity contribution in [2.75, 3.05) is 0 Å². The normalized spacial score (nSPS) is 18.1. The summed E-state index contributed by atoms with van der Waals surface area (Å²) in [6.07, 6.45) is 10.8. The molecule has 0 amide bonds. The number of carbonyl (C=O) groups excluding carboxylic acids is 1. The summed E-state index contributed by atoms with van der Waals surface area (Å²) >= 11 is 0. The third-order valence-electron chi connectivity index (χ3n) is 7.52. The lowest BCUT2D eigenvalue weighted by Gasteiger charge is -2.29. The van der Waals surface area contributed by atoms with Crippen molar-refractivity contribution in [3.05, 3.63) is 77.9 Å². The molecule has 2 heteroatoms. The maximum atomic E-state index is 12.1. The van der Waals surface area contributed by atoms with Crippen LogP contribution in [-0.2, 0) is 0 Å². The zero-order valence-corrected chi connectivity index (χ0v) is 20.7. The second-order valence-corrected chi connectivity index (χ2v) is 9.96. The van der Waals surface area contributed by atoms with Crippen LogP contribution >= 0.6 is 0 Å². The fourth-order valence-corrected chi connectivity index (χ4v) is 5.39. The number of aromatic hydroxyl groups is 1. The van der Waals surface area contributed by atoms with Gasteiger partial charge >= 0.3 is 0 Å². The summed E-state index contributed by atoms with van der Waals surface area (Å²) < 4.78 is 0. The quantitative estimate of drug-likeness (QED) is 0.327. The first-order chi connectivity index (χ1) is 16.6. The lowest BCUT2D eigenvalue weighted by molar-refractivity contribution is 0.0979. The number of benzene rings is 3. The number of Topliss-reactive ketones (excluding diaryl/α,β-unsaturated/α-hetero) is 1. The average molecular weight is 455 g/mol. The Kier molecular flexibility index (Phi) is 8.21. The molecule has 1 aliphatic carbocycles. The number of unbranched alkanes of at least 4 members (excludes halogenated alkanes) is 1. The highest BCUT2D eigenvalue weighted by molar-refractivity contribution is 5.99. The number of carbonyl (C=O) groups is 1. The molecule has 1 saturated carbocycles. The molecule has 0 bridgehead atoms. The predicted octanol–water partition coefficient (Wildman–Crippen LogP) is 9.17. The first-order valence-electron chi connectivity index (χ1n) is 13.2. The SMILES string of the molecule is CCCCC1CCC(c2ccc(-c3ccc(-c4ccc(C(=O)CCC)c(O)c4)cc3)cc2)CC1. The van der Waals surface area contributed by atoms with Gasteiger partial charge in [0.15, 0.2) is 5.78 Å². The van der Waals surface area contributed by atoms with Crippen LogP contribution in [0.4, 0.5) is 0 Å². The van der Waals surface area contributed by atoms with Crippen LogP contribution in [0.25, 0.3) is 22.3 Å². The maximum absolute atomic E-state index is 12.1. The van der Waals surface area contributed by atoms with Crippen molar-refractivity contribution in [1.29, 1.82) is 0 Å². The molecule has 0 unspecified atom stereocenters. The van der Waals surface area contributed by atoms with E-state index in [2.05, 4.69) is 55.5 Å². The molecule has 0 aliphatic heterocycles. The van der Waals surface area contributed by atoms with Gasteiger partial charge in [0.2, 0.25) is 0 Å². The monoisotopic (exact) mass is 454 g/mol. The smallest absolute Gasteiger partial charge is 0.166 e. The van der Waals surface area contributed by atoms with Gasteiger partial charge in [0, 0.05) is 6.42 Å². The zero-order valence-electron chi connectivity index (χ0n) is 20.7. The largest absolute Gasteiger partial charge is 0.507 e. The highest BCUT2D eigenvalue weighted by atomic mass is 16.3.